The average Bonchev–Trinajstić information content (AvgIpc) is 3.36. The summed E-state index contributed by atoms with van der Waals surface area (Å²) in [4.78, 5) is 1.36. The lowest BCUT2D eigenvalue weighted by molar-refractivity contribution is -0.141. The van der Waals surface area contributed by atoms with Gasteiger partial charge in [-0.05, 0) is 55.0 Å². The number of rotatable bonds is 4. The Bertz CT molecular complexity index is 1420. The molecule has 2 aromatic heterocycles. The molecular weight excluding hydrogens is 461 g/mol. The molecule has 0 aliphatic carbocycles. The van der Waals surface area contributed by atoms with Gasteiger partial charge in [-0.15, -0.1) is 11.3 Å². The van der Waals surface area contributed by atoms with Crippen molar-refractivity contribution in [2.75, 3.05) is 6.26 Å². The molecule has 5 nitrogen and oxygen atoms in total. The topological polar surface area (TPSA) is 72.2 Å². The van der Waals surface area contributed by atoms with Crippen molar-refractivity contribution in [1.82, 2.24) is 9.78 Å². The quantitative estimate of drug-likeness (QED) is 0.408. The highest BCUT2D eigenvalue weighted by molar-refractivity contribution is 7.90. The number of phenolic OH excluding ortho intramolecular Hbond substituents is 1. The molecule has 0 saturated carbocycles. The molecule has 0 aliphatic heterocycles. The van der Waals surface area contributed by atoms with Crippen LogP contribution >= 0.6 is 11.3 Å². The smallest absolute Gasteiger partial charge is 0.435 e. The van der Waals surface area contributed by atoms with Gasteiger partial charge < -0.3 is 5.11 Å². The average molecular weight is 479 g/mol. The Kier molecular flexibility index (Phi) is 5.38. The minimum atomic E-state index is -4.64. The maximum absolute atomic E-state index is 13.4. The van der Waals surface area contributed by atoms with Gasteiger partial charge in [0, 0.05) is 16.7 Å². The Morgan fingerprint density at radius 1 is 1.00 bits per heavy atom. The zero-order valence-electron chi connectivity index (χ0n) is 16.9. The Labute approximate surface area is 186 Å². The third-order valence-electron chi connectivity index (χ3n) is 4.91. The van der Waals surface area contributed by atoms with E-state index in [-0.39, 0.29) is 16.3 Å². The number of benzene rings is 2. The van der Waals surface area contributed by atoms with Crippen molar-refractivity contribution in [2.24, 2.45) is 0 Å². The molecule has 2 heterocycles. The molecule has 0 spiro atoms. The number of hydrogen-bond donors (Lipinski definition) is 1. The molecule has 0 bridgehead atoms. The number of halogens is 3. The van der Waals surface area contributed by atoms with Crippen LogP contribution in [0.3, 0.4) is 0 Å². The van der Waals surface area contributed by atoms with Crippen LogP contribution in [-0.4, -0.2) is 29.6 Å². The summed E-state index contributed by atoms with van der Waals surface area (Å²) in [6, 6.07) is 15.3. The van der Waals surface area contributed by atoms with Crippen LogP contribution in [0.15, 0.2) is 65.6 Å². The van der Waals surface area contributed by atoms with Gasteiger partial charge in [0.15, 0.2) is 15.5 Å². The van der Waals surface area contributed by atoms with Crippen LogP contribution in [0.25, 0.3) is 26.7 Å². The highest BCUT2D eigenvalue weighted by Crippen LogP contribution is 2.39. The summed E-state index contributed by atoms with van der Waals surface area (Å²) in [5.74, 6) is -0.0537. The van der Waals surface area contributed by atoms with Crippen LogP contribution in [0, 0.1) is 6.92 Å². The number of aromatic hydroxyl groups is 1. The highest BCUT2D eigenvalue weighted by Gasteiger charge is 2.35. The van der Waals surface area contributed by atoms with Crippen molar-refractivity contribution in [2.45, 2.75) is 18.0 Å². The SMILES string of the molecule is Cc1c(O)cccc1-n1nc(C(F)(F)F)cc1-c1ccc(-c2cccc(S(C)(=O)=O)c2)s1. The van der Waals surface area contributed by atoms with Gasteiger partial charge in [-0.25, -0.2) is 13.1 Å². The Morgan fingerprint density at radius 2 is 1.69 bits per heavy atom. The maximum atomic E-state index is 13.4. The molecule has 10 heteroatoms. The van der Waals surface area contributed by atoms with Crippen molar-refractivity contribution < 1.29 is 26.7 Å². The number of thiophene rings is 1. The molecule has 0 aliphatic rings. The molecule has 0 fully saturated rings. The van der Waals surface area contributed by atoms with Crippen LogP contribution < -0.4 is 0 Å². The Balaban J connectivity index is 1.86. The van der Waals surface area contributed by atoms with Crippen molar-refractivity contribution in [1.29, 1.82) is 0 Å². The first-order valence-electron chi connectivity index (χ1n) is 9.32. The van der Waals surface area contributed by atoms with E-state index in [4.69, 9.17) is 0 Å². The van der Waals surface area contributed by atoms with Gasteiger partial charge in [0.2, 0.25) is 0 Å². The second-order valence-corrected chi connectivity index (χ2v) is 10.3. The molecule has 32 heavy (non-hydrogen) atoms. The van der Waals surface area contributed by atoms with E-state index in [1.54, 1.807) is 37.3 Å². The molecule has 166 valence electrons. The first kappa shape index (κ1) is 22.1. The number of phenols is 1. The van der Waals surface area contributed by atoms with Crippen molar-refractivity contribution in [3.63, 3.8) is 0 Å². The number of nitrogens with zero attached hydrogens (tertiary/aromatic N) is 2. The van der Waals surface area contributed by atoms with Gasteiger partial charge in [0.25, 0.3) is 0 Å². The van der Waals surface area contributed by atoms with E-state index in [9.17, 15) is 26.7 Å². The summed E-state index contributed by atoms with van der Waals surface area (Å²) in [5.41, 5.74) is 0.512. The fourth-order valence-electron chi connectivity index (χ4n) is 3.23. The summed E-state index contributed by atoms with van der Waals surface area (Å²) in [6.07, 6.45) is -3.53. The van der Waals surface area contributed by atoms with Gasteiger partial charge in [0.1, 0.15) is 5.75 Å². The number of aromatic nitrogens is 2. The van der Waals surface area contributed by atoms with Crippen LogP contribution in [-0.2, 0) is 16.0 Å². The van der Waals surface area contributed by atoms with Gasteiger partial charge >= 0.3 is 6.18 Å². The number of sulfone groups is 1. The predicted molar refractivity (Wildman–Crippen MR) is 117 cm³/mol. The molecule has 4 aromatic rings. The van der Waals surface area contributed by atoms with E-state index in [0.29, 0.717) is 26.6 Å². The predicted octanol–water partition coefficient (Wildman–Crippen LogP) is 5.70. The molecule has 0 saturated heterocycles. The minimum Gasteiger partial charge on any atom is -0.508 e. The van der Waals surface area contributed by atoms with Crippen LogP contribution in [0.2, 0.25) is 0 Å². The molecule has 0 atom stereocenters. The first-order chi connectivity index (χ1) is 14.9. The normalized spacial score (nSPS) is 12.3. The zero-order chi connectivity index (χ0) is 23.3. The van der Waals surface area contributed by atoms with E-state index in [0.717, 1.165) is 12.3 Å². The number of alkyl halides is 3. The fraction of sp³-hybridized carbons (Fsp3) is 0.136. The van der Waals surface area contributed by atoms with Gasteiger partial charge in [-0.1, -0.05) is 18.2 Å². The Hall–Kier alpha value is -3.11. The molecule has 2 aromatic carbocycles. The maximum Gasteiger partial charge on any atom is 0.435 e. The van der Waals surface area contributed by atoms with Crippen molar-refractivity contribution in [3.05, 3.63) is 71.9 Å². The minimum absolute atomic E-state index is 0.0537. The number of hydrogen-bond acceptors (Lipinski definition) is 5. The largest absolute Gasteiger partial charge is 0.508 e. The summed E-state index contributed by atoms with van der Waals surface area (Å²) >= 11 is 1.22. The van der Waals surface area contributed by atoms with E-state index in [2.05, 4.69) is 5.10 Å². The standard InChI is InChI=1S/C22H17F3N2O3S2/c1-13-16(7-4-8-18(13)28)27-17(12-21(26-27)22(23,24)25)20-10-9-19(31-20)14-5-3-6-15(11-14)32(2,29)30/h3-12,28H,1-2H3. The van der Waals surface area contributed by atoms with E-state index in [1.165, 1.54) is 40.3 Å². The second-order valence-electron chi connectivity index (χ2n) is 7.21. The molecule has 0 amide bonds. The van der Waals surface area contributed by atoms with Crippen LogP contribution in [0.5, 0.6) is 5.75 Å². The molecule has 0 unspecified atom stereocenters. The van der Waals surface area contributed by atoms with E-state index in [1.807, 2.05) is 0 Å². The monoisotopic (exact) mass is 478 g/mol. The van der Waals surface area contributed by atoms with Gasteiger partial charge in [-0.2, -0.15) is 18.3 Å². The van der Waals surface area contributed by atoms with E-state index < -0.39 is 21.7 Å². The lowest BCUT2D eigenvalue weighted by atomic mass is 10.1. The molecule has 1 N–H and O–H groups in total. The fourth-order valence-corrected chi connectivity index (χ4v) is 4.90. The Morgan fingerprint density at radius 3 is 2.38 bits per heavy atom. The molecule has 0 radical (unpaired) electrons. The van der Waals surface area contributed by atoms with Gasteiger partial charge in [-0.3, -0.25) is 0 Å². The summed E-state index contributed by atoms with van der Waals surface area (Å²) < 4.78 is 65.2. The third kappa shape index (κ3) is 4.15. The van der Waals surface area contributed by atoms with Crippen molar-refractivity contribution in [3.8, 4) is 32.4 Å². The lowest BCUT2D eigenvalue weighted by Crippen LogP contribution is -2.08. The third-order valence-corrected chi connectivity index (χ3v) is 7.18. The highest BCUT2D eigenvalue weighted by atomic mass is 32.2. The van der Waals surface area contributed by atoms with Crippen LogP contribution in [0.1, 0.15) is 11.3 Å². The van der Waals surface area contributed by atoms with Crippen molar-refractivity contribution >= 4 is 21.2 Å². The first-order valence-corrected chi connectivity index (χ1v) is 12.0. The summed E-state index contributed by atoms with van der Waals surface area (Å²) in [7, 11) is -3.40. The zero-order valence-corrected chi connectivity index (χ0v) is 18.5. The van der Waals surface area contributed by atoms with Crippen LogP contribution in [0.4, 0.5) is 13.2 Å². The summed E-state index contributed by atoms with van der Waals surface area (Å²) in [5, 5.41) is 13.8. The lowest BCUT2D eigenvalue weighted by Gasteiger charge is -2.10. The van der Waals surface area contributed by atoms with Gasteiger partial charge in [0.05, 0.1) is 21.2 Å². The second kappa shape index (κ2) is 7.79. The summed E-state index contributed by atoms with van der Waals surface area (Å²) in [6.45, 7) is 1.60. The molecule has 4 rings (SSSR count). The molecular formula is C22H17F3N2O3S2. The van der Waals surface area contributed by atoms with E-state index >= 15 is 0 Å².